The van der Waals surface area contributed by atoms with Crippen LogP contribution >= 0.6 is 0 Å². The summed E-state index contributed by atoms with van der Waals surface area (Å²) in [4.78, 5) is 13.0. The highest BCUT2D eigenvalue weighted by molar-refractivity contribution is 5.84. The lowest BCUT2D eigenvalue weighted by atomic mass is 9.53. The molecule has 1 saturated heterocycles. The van der Waals surface area contributed by atoms with Gasteiger partial charge in [-0.1, -0.05) is 20.8 Å². The third-order valence-electron chi connectivity index (χ3n) is 8.29. The molecule has 4 nitrogen and oxygen atoms in total. The SMILES string of the molecule is CC(C)[C@@]12CC[C@@]3(C)[C@@H]4CC[C@](C)(O)[C@H]4C(=O)C[C@](C)(O)[C@H](O1)[C@H]32. The molecule has 1 aliphatic heterocycles. The zero-order valence-corrected chi connectivity index (χ0v) is 15.6. The highest BCUT2D eigenvalue weighted by Crippen LogP contribution is 2.70. The summed E-state index contributed by atoms with van der Waals surface area (Å²) in [6.45, 7) is 10.3. The van der Waals surface area contributed by atoms with Gasteiger partial charge in [-0.15, -0.1) is 0 Å². The molecule has 0 aromatic rings. The molecule has 2 N–H and O–H groups in total. The van der Waals surface area contributed by atoms with E-state index in [4.69, 9.17) is 4.74 Å². The van der Waals surface area contributed by atoms with Crippen molar-refractivity contribution < 1.29 is 19.7 Å². The second-order valence-electron chi connectivity index (χ2n) is 10.1. The predicted octanol–water partition coefficient (Wildman–Crippen LogP) is 2.70. The second kappa shape index (κ2) is 4.63. The van der Waals surface area contributed by atoms with E-state index in [0.29, 0.717) is 12.3 Å². The van der Waals surface area contributed by atoms with Crippen LogP contribution in [0.2, 0.25) is 0 Å². The Morgan fingerprint density at radius 1 is 1.08 bits per heavy atom. The summed E-state index contributed by atoms with van der Waals surface area (Å²) in [7, 11) is 0. The average Bonchev–Trinajstić information content (AvgIpc) is 2.81. The fraction of sp³-hybridized carbons (Fsp3) is 0.950. The van der Waals surface area contributed by atoms with Gasteiger partial charge in [0, 0.05) is 18.3 Å². The first-order valence-corrected chi connectivity index (χ1v) is 9.61. The lowest BCUT2D eigenvalue weighted by Gasteiger charge is -2.64. The number of carbonyl (C=O) groups is 1. The molecule has 4 heteroatoms. The van der Waals surface area contributed by atoms with E-state index < -0.39 is 11.2 Å². The van der Waals surface area contributed by atoms with Gasteiger partial charge in [-0.05, 0) is 56.8 Å². The number of aliphatic hydroxyl groups is 2. The molecule has 24 heavy (non-hydrogen) atoms. The fourth-order valence-corrected chi connectivity index (χ4v) is 7.03. The highest BCUT2D eigenvalue weighted by Gasteiger charge is 2.75. The summed E-state index contributed by atoms with van der Waals surface area (Å²) in [6.07, 6.45) is 3.43. The van der Waals surface area contributed by atoms with Gasteiger partial charge < -0.3 is 14.9 Å². The maximum Gasteiger partial charge on any atom is 0.142 e. The van der Waals surface area contributed by atoms with Crippen molar-refractivity contribution in [3.8, 4) is 0 Å². The largest absolute Gasteiger partial charge is 0.389 e. The lowest BCUT2D eigenvalue weighted by Crippen LogP contribution is -2.72. The van der Waals surface area contributed by atoms with Crippen LogP contribution in [0.3, 0.4) is 0 Å². The Hall–Kier alpha value is -0.450. The van der Waals surface area contributed by atoms with Crippen molar-refractivity contribution >= 4 is 5.78 Å². The topological polar surface area (TPSA) is 66.8 Å². The van der Waals surface area contributed by atoms with Crippen molar-refractivity contribution in [2.24, 2.45) is 29.1 Å². The maximum atomic E-state index is 13.0. The van der Waals surface area contributed by atoms with Crippen LogP contribution < -0.4 is 0 Å². The normalized spacial score (nSPS) is 59.6. The standard InChI is InChI=1S/C20H32O4/c1-11(2)20-9-8-17(3)12-6-7-18(4,22)14(12)13(21)10-19(5,23)16(24-20)15(17)20/h11-12,14-16,22-23H,6-10H2,1-5H3/t12-,14-,15-,16-,17+,18+,19+,20-/m1/s1. The van der Waals surface area contributed by atoms with Crippen molar-refractivity contribution in [2.45, 2.75) is 89.6 Å². The Bertz CT molecular complexity index is 580. The van der Waals surface area contributed by atoms with Crippen molar-refractivity contribution in [2.75, 3.05) is 0 Å². The Morgan fingerprint density at radius 2 is 1.75 bits per heavy atom. The number of Topliss-reactive ketones (excluding diaryl/α,β-unsaturated/α-hetero) is 1. The minimum absolute atomic E-state index is 0.0183. The smallest absolute Gasteiger partial charge is 0.142 e. The number of ketones is 1. The number of rotatable bonds is 1. The van der Waals surface area contributed by atoms with Crippen molar-refractivity contribution in [1.29, 1.82) is 0 Å². The van der Waals surface area contributed by atoms with Gasteiger partial charge in [0.05, 0.1) is 22.9 Å². The molecule has 1 heterocycles. The van der Waals surface area contributed by atoms with Gasteiger partial charge in [0.2, 0.25) is 0 Å². The van der Waals surface area contributed by atoms with Gasteiger partial charge in [-0.25, -0.2) is 0 Å². The van der Waals surface area contributed by atoms with E-state index in [1.165, 1.54) is 0 Å². The number of fused-ring (bicyclic) bond motifs is 2. The number of hydrogen-bond acceptors (Lipinski definition) is 4. The molecule has 0 bridgehead atoms. The maximum absolute atomic E-state index is 13.0. The van der Waals surface area contributed by atoms with Gasteiger partial charge >= 0.3 is 0 Å². The molecule has 0 radical (unpaired) electrons. The average molecular weight is 336 g/mol. The number of ether oxygens (including phenoxy) is 1. The summed E-state index contributed by atoms with van der Waals surface area (Å²) >= 11 is 0. The Kier molecular flexibility index (Phi) is 3.28. The zero-order valence-electron chi connectivity index (χ0n) is 15.6. The minimum atomic E-state index is -1.14. The molecule has 0 spiro atoms. The first-order valence-electron chi connectivity index (χ1n) is 9.61. The molecule has 4 aliphatic rings. The molecule has 0 amide bonds. The zero-order chi connectivity index (χ0) is 17.7. The van der Waals surface area contributed by atoms with Crippen LogP contribution in [0.25, 0.3) is 0 Å². The van der Waals surface area contributed by atoms with Gasteiger partial charge in [0.25, 0.3) is 0 Å². The van der Waals surface area contributed by atoms with Crippen LogP contribution in [0.1, 0.15) is 66.7 Å². The third kappa shape index (κ3) is 1.83. The number of carbonyl (C=O) groups excluding carboxylic acids is 1. The monoisotopic (exact) mass is 336 g/mol. The van der Waals surface area contributed by atoms with Crippen LogP contribution in [0.15, 0.2) is 0 Å². The van der Waals surface area contributed by atoms with Crippen LogP contribution in [0, 0.1) is 29.1 Å². The molecule has 0 aromatic heterocycles. The van der Waals surface area contributed by atoms with E-state index in [1.807, 2.05) is 6.92 Å². The van der Waals surface area contributed by atoms with E-state index in [0.717, 1.165) is 19.3 Å². The molecule has 136 valence electrons. The Morgan fingerprint density at radius 3 is 2.38 bits per heavy atom. The first kappa shape index (κ1) is 17.0. The van der Waals surface area contributed by atoms with E-state index in [1.54, 1.807) is 6.92 Å². The van der Waals surface area contributed by atoms with E-state index in [9.17, 15) is 15.0 Å². The van der Waals surface area contributed by atoms with Gasteiger partial charge in [-0.2, -0.15) is 0 Å². The molecule has 4 rings (SSSR count). The first-order chi connectivity index (χ1) is 11.0. The molecule has 4 fully saturated rings. The van der Waals surface area contributed by atoms with Gasteiger partial charge in [0.15, 0.2) is 0 Å². The van der Waals surface area contributed by atoms with Crippen LogP contribution in [0.4, 0.5) is 0 Å². The lowest BCUT2D eigenvalue weighted by molar-refractivity contribution is -0.337. The molecular formula is C20H32O4. The summed E-state index contributed by atoms with van der Waals surface area (Å²) < 4.78 is 6.38. The Balaban J connectivity index is 1.84. The van der Waals surface area contributed by atoms with Gasteiger partial charge in [-0.3, -0.25) is 4.79 Å². The quantitative estimate of drug-likeness (QED) is 0.773. The van der Waals surface area contributed by atoms with Crippen LogP contribution in [0.5, 0.6) is 0 Å². The summed E-state index contributed by atoms with van der Waals surface area (Å²) in [6, 6.07) is 0. The predicted molar refractivity (Wildman–Crippen MR) is 90.4 cm³/mol. The second-order valence-corrected chi connectivity index (χ2v) is 10.1. The highest BCUT2D eigenvalue weighted by atomic mass is 16.6. The van der Waals surface area contributed by atoms with Crippen LogP contribution in [-0.4, -0.2) is 38.9 Å². The fourth-order valence-electron chi connectivity index (χ4n) is 7.03. The van der Waals surface area contributed by atoms with Crippen molar-refractivity contribution in [3.05, 3.63) is 0 Å². The molecule has 3 saturated carbocycles. The molecule has 3 aliphatic carbocycles. The molecule has 0 unspecified atom stereocenters. The van der Waals surface area contributed by atoms with Crippen molar-refractivity contribution in [3.63, 3.8) is 0 Å². The van der Waals surface area contributed by atoms with Gasteiger partial charge in [0.1, 0.15) is 5.78 Å². The van der Waals surface area contributed by atoms with Crippen LogP contribution in [-0.2, 0) is 9.53 Å². The molecule has 8 atom stereocenters. The van der Waals surface area contributed by atoms with E-state index >= 15 is 0 Å². The third-order valence-corrected chi connectivity index (χ3v) is 8.29. The van der Waals surface area contributed by atoms with E-state index in [2.05, 4.69) is 20.8 Å². The summed E-state index contributed by atoms with van der Waals surface area (Å²) in [5.41, 5.74) is -2.29. The summed E-state index contributed by atoms with van der Waals surface area (Å²) in [5.74, 6) is 0.540. The Labute approximate surface area is 145 Å². The molecule has 0 aromatic carbocycles. The van der Waals surface area contributed by atoms with Crippen molar-refractivity contribution in [1.82, 2.24) is 0 Å². The minimum Gasteiger partial charge on any atom is -0.389 e. The summed E-state index contributed by atoms with van der Waals surface area (Å²) in [5, 5.41) is 22.0. The molecular weight excluding hydrogens is 304 g/mol. The number of hydrogen-bond donors (Lipinski definition) is 2. The van der Waals surface area contributed by atoms with E-state index in [-0.39, 0.29) is 47.1 Å².